The molecule has 3 aliphatic rings. The summed E-state index contributed by atoms with van der Waals surface area (Å²) >= 11 is 0. The van der Waals surface area contributed by atoms with Gasteiger partial charge in [0.15, 0.2) is 0 Å². The van der Waals surface area contributed by atoms with E-state index in [9.17, 15) is 8.42 Å². The Morgan fingerprint density at radius 1 is 0.447 bits per heavy atom. The smallest absolute Gasteiger partial charge is 0.207 e. The van der Waals surface area contributed by atoms with Gasteiger partial charge in [0.1, 0.15) is 0 Å². The van der Waals surface area contributed by atoms with Crippen molar-refractivity contribution in [2.75, 3.05) is 0 Å². The number of benzene rings is 5. The maximum Gasteiger partial charge on any atom is 0.207 e. The molecule has 0 N–H and O–H groups in total. The van der Waals surface area contributed by atoms with E-state index < -0.39 is 9.84 Å². The van der Waals surface area contributed by atoms with Crippen LogP contribution in [0.5, 0.6) is 0 Å². The van der Waals surface area contributed by atoms with Crippen LogP contribution in [0.25, 0.3) is 17.2 Å². The van der Waals surface area contributed by atoms with Crippen molar-refractivity contribution in [1.82, 2.24) is 0 Å². The summed E-state index contributed by atoms with van der Waals surface area (Å²) in [6.07, 6.45) is 4.55. The molecule has 2 nitrogen and oxygen atoms in total. The first kappa shape index (κ1) is 32.7. The van der Waals surface area contributed by atoms with Crippen LogP contribution in [0.4, 0.5) is 0 Å². The van der Waals surface area contributed by atoms with E-state index >= 15 is 0 Å². The molecule has 2 aliphatic carbocycles. The largest absolute Gasteiger partial charge is 0.218 e. The number of hydrogen-bond donors (Lipinski definition) is 0. The molecule has 0 saturated carbocycles. The molecular formula is C44H46O2S. The summed E-state index contributed by atoms with van der Waals surface area (Å²) < 4.78 is 25.3. The predicted molar refractivity (Wildman–Crippen MR) is 197 cm³/mol. The van der Waals surface area contributed by atoms with Gasteiger partial charge in [-0.15, -0.1) is 0 Å². The fraction of sp³-hybridized carbons (Fsp3) is 0.273. The number of allylic oxidation sites excluding steroid dienone is 1. The van der Waals surface area contributed by atoms with Gasteiger partial charge in [0.2, 0.25) is 9.84 Å². The van der Waals surface area contributed by atoms with Crippen molar-refractivity contribution in [3.63, 3.8) is 0 Å². The second-order valence-electron chi connectivity index (χ2n) is 14.0. The van der Waals surface area contributed by atoms with E-state index in [2.05, 4.69) is 126 Å². The summed E-state index contributed by atoms with van der Waals surface area (Å²) in [7, 11) is -3.37. The molecule has 0 aromatic heterocycles. The fourth-order valence-electron chi connectivity index (χ4n) is 7.74. The summed E-state index contributed by atoms with van der Waals surface area (Å²) in [4.78, 5) is 0.930. The standard InChI is InChI=1S/C16H16O2S.C16H16.C12H14/c1-11(2)16-12-7-3-5-9-14(12)19(17,18)15-10-6-4-8-13(15)16;1-11(2)16-14-9-5-3-7-12(14)13-8-4-6-10-15(13)16;1-9(2)11-8-7-10-5-3-4-6-12(10)11/h3-11,16H,1-2H3;3-11,16H,1-2H3;3-9,11H,1-2H3. The van der Waals surface area contributed by atoms with Gasteiger partial charge in [-0.25, -0.2) is 8.42 Å². The molecule has 3 heteroatoms. The lowest BCUT2D eigenvalue weighted by atomic mass is 9.82. The lowest BCUT2D eigenvalue weighted by Gasteiger charge is -2.30. The third kappa shape index (κ3) is 6.14. The third-order valence-electron chi connectivity index (χ3n) is 9.86. The van der Waals surface area contributed by atoms with Crippen molar-refractivity contribution in [2.45, 2.75) is 69.1 Å². The van der Waals surface area contributed by atoms with Crippen molar-refractivity contribution in [2.24, 2.45) is 17.8 Å². The minimum atomic E-state index is -3.37. The van der Waals surface area contributed by atoms with Crippen LogP contribution in [0, 0.1) is 17.8 Å². The van der Waals surface area contributed by atoms with Gasteiger partial charge in [-0.1, -0.05) is 163 Å². The summed E-state index contributed by atoms with van der Waals surface area (Å²) in [5, 5.41) is 0. The Morgan fingerprint density at radius 3 is 1.30 bits per heavy atom. The van der Waals surface area contributed by atoms with Gasteiger partial charge in [-0.2, -0.15) is 0 Å². The second kappa shape index (κ2) is 13.5. The Kier molecular flexibility index (Phi) is 9.39. The molecule has 1 heterocycles. The molecule has 0 radical (unpaired) electrons. The van der Waals surface area contributed by atoms with Gasteiger partial charge < -0.3 is 0 Å². The highest BCUT2D eigenvalue weighted by atomic mass is 32.2. The Bertz CT molecular complexity index is 1920. The molecule has 0 spiro atoms. The van der Waals surface area contributed by atoms with Crippen molar-refractivity contribution in [1.29, 1.82) is 0 Å². The van der Waals surface area contributed by atoms with E-state index in [-0.39, 0.29) is 5.92 Å². The highest BCUT2D eigenvalue weighted by Crippen LogP contribution is 2.48. The monoisotopic (exact) mass is 638 g/mol. The molecular weight excluding hydrogens is 593 g/mol. The van der Waals surface area contributed by atoms with Crippen molar-refractivity contribution < 1.29 is 8.42 Å². The molecule has 5 aromatic rings. The summed E-state index contributed by atoms with van der Waals surface area (Å²) in [5.74, 6) is 3.09. The van der Waals surface area contributed by atoms with Crippen LogP contribution < -0.4 is 0 Å². The zero-order valence-corrected chi connectivity index (χ0v) is 29.2. The molecule has 5 aromatic carbocycles. The maximum absolute atomic E-state index is 12.7. The zero-order chi connectivity index (χ0) is 33.3. The lowest BCUT2D eigenvalue weighted by Crippen LogP contribution is -2.21. The molecule has 1 atom stereocenters. The average molecular weight is 639 g/mol. The van der Waals surface area contributed by atoms with E-state index in [0.717, 1.165) is 11.1 Å². The Morgan fingerprint density at radius 2 is 0.830 bits per heavy atom. The normalized spacial score (nSPS) is 16.7. The Labute approximate surface area is 282 Å². The predicted octanol–water partition coefficient (Wildman–Crippen LogP) is 11.5. The SMILES string of the molecule is CC(C)C1C=Cc2ccccc21.CC(C)C1c2ccccc2-c2ccccc21.CC(C)C1c2ccccc2S(=O)(=O)c2ccccc21. The number of fused-ring (bicyclic) bond motifs is 6. The summed E-state index contributed by atoms with van der Waals surface area (Å²) in [6, 6.07) is 41.0. The fourth-order valence-corrected chi connectivity index (χ4v) is 9.50. The molecule has 0 fully saturated rings. The zero-order valence-electron chi connectivity index (χ0n) is 28.4. The van der Waals surface area contributed by atoms with Gasteiger partial charge >= 0.3 is 0 Å². The van der Waals surface area contributed by atoms with E-state index in [1.807, 2.05) is 24.3 Å². The average Bonchev–Trinajstić information content (AvgIpc) is 3.65. The minimum absolute atomic E-state index is 0.149. The lowest BCUT2D eigenvalue weighted by molar-refractivity contribution is 0.530. The number of hydrogen-bond acceptors (Lipinski definition) is 2. The Hall–Kier alpha value is -4.21. The number of rotatable bonds is 3. The van der Waals surface area contributed by atoms with E-state index in [4.69, 9.17) is 0 Å². The van der Waals surface area contributed by atoms with Crippen LogP contribution in [0.15, 0.2) is 137 Å². The summed E-state index contributed by atoms with van der Waals surface area (Å²) in [6.45, 7) is 13.4. The highest BCUT2D eigenvalue weighted by molar-refractivity contribution is 7.91. The van der Waals surface area contributed by atoms with Crippen molar-refractivity contribution in [3.8, 4) is 11.1 Å². The molecule has 0 amide bonds. The van der Waals surface area contributed by atoms with Crippen LogP contribution in [-0.2, 0) is 9.84 Å². The molecule has 0 bridgehead atoms. The van der Waals surface area contributed by atoms with Gasteiger partial charge in [0.25, 0.3) is 0 Å². The second-order valence-corrected chi connectivity index (χ2v) is 15.8. The van der Waals surface area contributed by atoms with Crippen LogP contribution in [0.3, 0.4) is 0 Å². The highest BCUT2D eigenvalue weighted by Gasteiger charge is 2.36. The van der Waals surface area contributed by atoms with Crippen LogP contribution in [-0.4, -0.2) is 8.42 Å². The van der Waals surface area contributed by atoms with Crippen LogP contribution in [0.2, 0.25) is 0 Å². The molecule has 240 valence electrons. The maximum atomic E-state index is 12.7. The minimum Gasteiger partial charge on any atom is -0.218 e. The quantitative estimate of drug-likeness (QED) is 0.197. The number of sulfone groups is 1. The van der Waals surface area contributed by atoms with Crippen LogP contribution >= 0.6 is 0 Å². The van der Waals surface area contributed by atoms with Crippen molar-refractivity contribution >= 4 is 15.9 Å². The molecule has 0 saturated heterocycles. The molecule has 1 aliphatic heterocycles. The van der Waals surface area contributed by atoms with E-state index in [1.165, 1.54) is 33.4 Å². The first-order valence-corrected chi connectivity index (χ1v) is 18.5. The molecule has 1 unspecified atom stereocenters. The first-order chi connectivity index (χ1) is 22.6. The van der Waals surface area contributed by atoms with Gasteiger partial charge in [-0.05, 0) is 74.4 Å². The van der Waals surface area contributed by atoms with E-state index in [1.54, 1.807) is 24.3 Å². The topological polar surface area (TPSA) is 34.1 Å². The Balaban J connectivity index is 0.000000126. The van der Waals surface area contributed by atoms with Gasteiger partial charge in [-0.3, -0.25) is 0 Å². The van der Waals surface area contributed by atoms with Crippen LogP contribution in [0.1, 0.15) is 92.7 Å². The van der Waals surface area contributed by atoms with E-state index in [0.29, 0.717) is 39.4 Å². The van der Waals surface area contributed by atoms with Gasteiger partial charge in [0, 0.05) is 17.8 Å². The summed E-state index contributed by atoms with van der Waals surface area (Å²) in [5.41, 5.74) is 10.6. The van der Waals surface area contributed by atoms with Crippen molar-refractivity contribution in [3.05, 3.63) is 161 Å². The van der Waals surface area contributed by atoms with Gasteiger partial charge in [0.05, 0.1) is 9.79 Å². The molecule has 47 heavy (non-hydrogen) atoms. The first-order valence-electron chi connectivity index (χ1n) is 17.0. The molecule has 8 rings (SSSR count). The third-order valence-corrected chi connectivity index (χ3v) is 11.8.